The quantitative estimate of drug-likeness (QED) is 0.497. The number of hydrogen-bond donors (Lipinski definition) is 0. The van der Waals surface area contributed by atoms with Gasteiger partial charge in [0.25, 0.3) is 0 Å². The van der Waals surface area contributed by atoms with Crippen molar-refractivity contribution in [2.45, 2.75) is 6.92 Å². The van der Waals surface area contributed by atoms with Gasteiger partial charge in [0.1, 0.15) is 0 Å². The highest BCUT2D eigenvalue weighted by molar-refractivity contribution is 14.1. The predicted molar refractivity (Wildman–Crippen MR) is 43.4 cm³/mol. The average molecular weight is 240 g/mol. The topological polar surface area (TPSA) is 23.6 Å². The van der Waals surface area contributed by atoms with Gasteiger partial charge in [0.15, 0.2) is 0 Å². The zero-order valence-corrected chi connectivity index (χ0v) is 7.46. The number of rotatable bonds is 1. The van der Waals surface area contributed by atoms with E-state index in [-0.39, 0.29) is 6.03 Å². The van der Waals surface area contributed by atoms with Gasteiger partial charge in [0.2, 0.25) is 0 Å². The van der Waals surface area contributed by atoms with Crippen LogP contribution in [0, 0.1) is 0 Å². The Balaban J connectivity index is 2.51. The van der Waals surface area contributed by atoms with Gasteiger partial charge in [-0.25, -0.2) is 4.79 Å². The van der Waals surface area contributed by atoms with Crippen LogP contribution in [0.4, 0.5) is 4.79 Å². The van der Waals surface area contributed by atoms with Gasteiger partial charge in [0, 0.05) is 13.1 Å². The van der Waals surface area contributed by atoms with Crippen LogP contribution in [0.3, 0.4) is 0 Å². The van der Waals surface area contributed by atoms with Gasteiger partial charge in [-0.1, -0.05) is 0 Å². The molecule has 0 aliphatic carbocycles. The van der Waals surface area contributed by atoms with Crippen LogP contribution in [-0.2, 0) is 0 Å². The maximum absolute atomic E-state index is 11.0. The highest BCUT2D eigenvalue weighted by Crippen LogP contribution is 2.11. The predicted octanol–water partition coefficient (Wildman–Crippen LogP) is 1.09. The summed E-state index contributed by atoms with van der Waals surface area (Å²) in [6, 6.07) is 0.151. The number of carbonyl (C=O) groups is 1. The number of amides is 2. The fourth-order valence-electron chi connectivity index (χ4n) is 0.847. The number of carbonyl (C=O) groups excluding carboxylic acids is 1. The summed E-state index contributed by atoms with van der Waals surface area (Å²) in [7, 11) is 0. The molecule has 4 heteroatoms. The molecule has 0 atom stereocenters. The Kier molecular flexibility index (Phi) is 2.15. The molecule has 1 fully saturated rings. The van der Waals surface area contributed by atoms with Crippen LogP contribution >= 0.6 is 22.9 Å². The van der Waals surface area contributed by atoms with Gasteiger partial charge < -0.3 is 4.90 Å². The van der Waals surface area contributed by atoms with Crippen molar-refractivity contribution >= 4 is 28.9 Å². The van der Waals surface area contributed by atoms with Gasteiger partial charge >= 0.3 is 6.03 Å². The van der Waals surface area contributed by atoms with E-state index >= 15 is 0 Å². The lowest BCUT2D eigenvalue weighted by atomic mass is 10.6. The molecule has 3 nitrogen and oxygen atoms in total. The van der Waals surface area contributed by atoms with Crippen LogP contribution in [0.25, 0.3) is 0 Å². The Bertz CT molecular complexity index is 128. The second-order valence-corrected chi connectivity index (χ2v) is 3.11. The Morgan fingerprint density at radius 2 is 2.33 bits per heavy atom. The van der Waals surface area contributed by atoms with Gasteiger partial charge in [0.05, 0.1) is 29.4 Å². The lowest BCUT2D eigenvalue weighted by Crippen LogP contribution is -2.26. The van der Waals surface area contributed by atoms with Crippen molar-refractivity contribution in [2.75, 3.05) is 19.6 Å². The Labute approximate surface area is 68.5 Å². The van der Waals surface area contributed by atoms with E-state index in [1.165, 1.54) is 0 Å². The van der Waals surface area contributed by atoms with Gasteiger partial charge in [-0.3, -0.25) is 3.11 Å². The summed E-state index contributed by atoms with van der Waals surface area (Å²) >= 11 is 2.04. The number of hydrogen-bond acceptors (Lipinski definition) is 1. The highest BCUT2D eigenvalue weighted by atomic mass is 127. The normalized spacial score (nSPS) is 19.6. The van der Waals surface area contributed by atoms with E-state index < -0.39 is 0 Å². The fourth-order valence-corrected chi connectivity index (χ4v) is 1.37. The second-order valence-electron chi connectivity index (χ2n) is 1.95. The summed E-state index contributed by atoms with van der Waals surface area (Å²) in [6.07, 6.45) is 0. The van der Waals surface area contributed by atoms with E-state index in [1.54, 1.807) is 3.11 Å². The van der Waals surface area contributed by atoms with E-state index in [9.17, 15) is 4.79 Å². The van der Waals surface area contributed by atoms with E-state index in [4.69, 9.17) is 0 Å². The van der Waals surface area contributed by atoms with Gasteiger partial charge in [-0.2, -0.15) is 0 Å². The Morgan fingerprint density at radius 3 is 2.56 bits per heavy atom. The van der Waals surface area contributed by atoms with Crippen molar-refractivity contribution in [1.29, 1.82) is 0 Å². The molecule has 9 heavy (non-hydrogen) atoms. The van der Waals surface area contributed by atoms with Crippen molar-refractivity contribution in [3.8, 4) is 0 Å². The first-order chi connectivity index (χ1) is 4.25. The average Bonchev–Trinajstić information content (AvgIpc) is 2.15. The standard InChI is InChI=1S/C5H9IN2O/c1-2-7-3-4-8(6)5(7)9/h2-4H2,1H3. The molecule has 2 amide bonds. The zero-order valence-electron chi connectivity index (χ0n) is 5.30. The van der Waals surface area contributed by atoms with Crippen molar-refractivity contribution in [1.82, 2.24) is 8.01 Å². The van der Waals surface area contributed by atoms with Crippen LogP contribution in [0.15, 0.2) is 0 Å². The summed E-state index contributed by atoms with van der Waals surface area (Å²) in [5.41, 5.74) is 0. The lowest BCUT2D eigenvalue weighted by molar-refractivity contribution is 0.212. The lowest BCUT2D eigenvalue weighted by Gasteiger charge is -2.10. The van der Waals surface area contributed by atoms with E-state index in [1.807, 2.05) is 34.7 Å². The molecule has 1 heterocycles. The molecule has 1 aliphatic rings. The molecule has 0 N–H and O–H groups in total. The molecule has 1 aliphatic heterocycles. The first-order valence-electron chi connectivity index (χ1n) is 2.98. The van der Waals surface area contributed by atoms with Gasteiger partial charge in [-0.15, -0.1) is 0 Å². The van der Waals surface area contributed by atoms with E-state index in [0.29, 0.717) is 0 Å². The minimum atomic E-state index is 0.151. The second kappa shape index (κ2) is 2.72. The molecule has 0 bridgehead atoms. The molecule has 52 valence electrons. The molecular formula is C5H9IN2O. The maximum Gasteiger partial charge on any atom is 0.328 e. The smallest absolute Gasteiger partial charge is 0.323 e. The van der Waals surface area contributed by atoms with Gasteiger partial charge in [-0.05, 0) is 6.92 Å². The summed E-state index contributed by atoms with van der Waals surface area (Å²) < 4.78 is 1.71. The summed E-state index contributed by atoms with van der Waals surface area (Å²) in [6.45, 7) is 4.58. The zero-order chi connectivity index (χ0) is 6.85. The first kappa shape index (κ1) is 7.11. The largest absolute Gasteiger partial charge is 0.328 e. The first-order valence-corrected chi connectivity index (χ1v) is 3.94. The maximum atomic E-state index is 11.0. The van der Waals surface area contributed by atoms with E-state index in [2.05, 4.69) is 0 Å². The van der Waals surface area contributed by atoms with Crippen molar-refractivity contribution in [3.05, 3.63) is 0 Å². The minimum absolute atomic E-state index is 0.151. The van der Waals surface area contributed by atoms with E-state index in [0.717, 1.165) is 19.6 Å². The Hall–Kier alpha value is -0.0000000000000000555. The monoisotopic (exact) mass is 240 g/mol. The number of urea groups is 1. The van der Waals surface area contributed by atoms with Crippen LogP contribution in [0.5, 0.6) is 0 Å². The number of nitrogens with zero attached hydrogens (tertiary/aromatic N) is 2. The minimum Gasteiger partial charge on any atom is -0.323 e. The highest BCUT2D eigenvalue weighted by Gasteiger charge is 2.24. The third-order valence-electron chi connectivity index (χ3n) is 1.43. The number of halogens is 1. The van der Waals surface area contributed by atoms with Crippen molar-refractivity contribution in [3.63, 3.8) is 0 Å². The molecule has 0 unspecified atom stereocenters. The molecular weight excluding hydrogens is 231 g/mol. The van der Waals surface area contributed by atoms with Crippen molar-refractivity contribution < 1.29 is 4.79 Å². The van der Waals surface area contributed by atoms with Crippen LogP contribution in [0.1, 0.15) is 6.92 Å². The van der Waals surface area contributed by atoms with Crippen LogP contribution in [0.2, 0.25) is 0 Å². The third kappa shape index (κ3) is 1.28. The molecule has 0 aromatic rings. The molecule has 0 spiro atoms. The molecule has 1 rings (SSSR count). The summed E-state index contributed by atoms with van der Waals surface area (Å²) in [4.78, 5) is 12.8. The summed E-state index contributed by atoms with van der Waals surface area (Å²) in [5.74, 6) is 0. The number of likely N-dealkylation sites (N-methyl/N-ethyl adjacent to an activating group) is 1. The van der Waals surface area contributed by atoms with Crippen LogP contribution < -0.4 is 0 Å². The summed E-state index contributed by atoms with van der Waals surface area (Å²) in [5, 5.41) is 0. The SMILES string of the molecule is CCN1CCN(I)C1=O. The third-order valence-corrected chi connectivity index (χ3v) is 2.32. The van der Waals surface area contributed by atoms with Crippen LogP contribution in [-0.4, -0.2) is 33.7 Å². The Morgan fingerprint density at radius 1 is 1.67 bits per heavy atom. The molecule has 0 saturated carbocycles. The molecule has 1 saturated heterocycles. The molecule has 0 radical (unpaired) electrons. The molecule has 0 aromatic carbocycles. The molecule has 0 aromatic heterocycles. The fraction of sp³-hybridized carbons (Fsp3) is 0.800. The van der Waals surface area contributed by atoms with Crippen molar-refractivity contribution in [2.24, 2.45) is 0 Å².